The topological polar surface area (TPSA) is 85.9 Å². The molecule has 0 aliphatic carbocycles. The van der Waals surface area contributed by atoms with Gasteiger partial charge in [0.2, 0.25) is 11.8 Å². The molecule has 8 nitrogen and oxygen atoms in total. The average Bonchev–Trinajstić information content (AvgIpc) is 3.11. The summed E-state index contributed by atoms with van der Waals surface area (Å²) in [4.78, 5) is 46.9. The second-order valence-corrected chi connectivity index (χ2v) is 8.48. The van der Waals surface area contributed by atoms with Gasteiger partial charge in [0.15, 0.2) is 0 Å². The van der Waals surface area contributed by atoms with E-state index in [2.05, 4.69) is 20.1 Å². The maximum absolute atomic E-state index is 14.5. The van der Waals surface area contributed by atoms with Crippen molar-refractivity contribution in [3.05, 3.63) is 59.2 Å². The molecular weight excluding hydrogens is 413 g/mol. The van der Waals surface area contributed by atoms with E-state index in [-0.39, 0.29) is 31.2 Å². The number of imide groups is 1. The number of carbonyl (C=O) groups excluding carboxylic acids is 3. The number of fused-ring (bicyclic) bond motifs is 1. The summed E-state index contributed by atoms with van der Waals surface area (Å²) < 4.78 is 14.5. The van der Waals surface area contributed by atoms with Gasteiger partial charge in [0.1, 0.15) is 11.9 Å². The number of aromatic nitrogens is 1. The molecular formula is C23H24FN5O3. The number of piperazine rings is 1. The Balaban J connectivity index is 1.32. The van der Waals surface area contributed by atoms with E-state index in [0.717, 1.165) is 30.8 Å². The number of hydrogen-bond donors (Lipinski definition) is 1. The molecule has 5 rings (SSSR count). The molecule has 0 saturated carbocycles. The zero-order valence-corrected chi connectivity index (χ0v) is 17.6. The third-order valence-electron chi connectivity index (χ3n) is 6.44. The highest BCUT2D eigenvalue weighted by atomic mass is 19.1. The largest absolute Gasteiger partial charge is 0.369 e. The van der Waals surface area contributed by atoms with E-state index in [9.17, 15) is 18.8 Å². The standard InChI is InChI=1S/C23H24FN5O3/c24-16-10-17-18(14-29(23(17)32)19-3-4-21(30)26-22(19)31)20(11-16)28-8-6-27(7-9-28)13-15-2-1-5-25-12-15/h1-2,5,10-12,19H,3-4,6-9,13-14H2,(H,26,30,31). The zero-order valence-electron chi connectivity index (χ0n) is 17.6. The van der Waals surface area contributed by atoms with Crippen LogP contribution in [0.2, 0.25) is 0 Å². The van der Waals surface area contributed by atoms with Crippen molar-refractivity contribution >= 4 is 23.4 Å². The average molecular weight is 437 g/mol. The number of nitrogens with one attached hydrogen (secondary N) is 1. The Hall–Kier alpha value is -3.33. The molecule has 1 aromatic heterocycles. The van der Waals surface area contributed by atoms with Gasteiger partial charge in [-0.15, -0.1) is 0 Å². The second-order valence-electron chi connectivity index (χ2n) is 8.48. The molecule has 1 N–H and O–H groups in total. The summed E-state index contributed by atoms with van der Waals surface area (Å²) in [7, 11) is 0. The first kappa shape index (κ1) is 20.6. The van der Waals surface area contributed by atoms with Gasteiger partial charge in [-0.2, -0.15) is 0 Å². The molecule has 1 atom stereocenters. The summed E-state index contributed by atoms with van der Waals surface area (Å²) in [6, 6.07) is 6.00. The van der Waals surface area contributed by atoms with E-state index in [1.807, 2.05) is 18.3 Å². The Morgan fingerprint density at radius 3 is 2.66 bits per heavy atom. The molecule has 1 unspecified atom stereocenters. The smallest absolute Gasteiger partial charge is 0.255 e. The molecule has 32 heavy (non-hydrogen) atoms. The van der Waals surface area contributed by atoms with Crippen LogP contribution in [0.25, 0.3) is 0 Å². The van der Waals surface area contributed by atoms with E-state index in [1.165, 1.54) is 17.0 Å². The van der Waals surface area contributed by atoms with E-state index >= 15 is 0 Å². The molecule has 9 heteroatoms. The Bertz CT molecular complexity index is 1070. The Morgan fingerprint density at radius 1 is 1.12 bits per heavy atom. The van der Waals surface area contributed by atoms with Crippen LogP contribution in [0.3, 0.4) is 0 Å². The van der Waals surface area contributed by atoms with Crippen molar-refractivity contribution in [1.82, 2.24) is 20.1 Å². The number of halogens is 1. The van der Waals surface area contributed by atoms with Crippen molar-refractivity contribution in [2.45, 2.75) is 32.0 Å². The highest BCUT2D eigenvalue weighted by molar-refractivity contribution is 6.06. The predicted molar refractivity (Wildman–Crippen MR) is 114 cm³/mol. The molecule has 3 aliphatic heterocycles. The van der Waals surface area contributed by atoms with Gasteiger partial charge in [0, 0.05) is 74.9 Å². The van der Waals surface area contributed by atoms with Crippen LogP contribution in [0.15, 0.2) is 36.7 Å². The first-order chi connectivity index (χ1) is 15.5. The maximum atomic E-state index is 14.5. The van der Waals surface area contributed by atoms with Crippen molar-refractivity contribution in [2.24, 2.45) is 0 Å². The Kier molecular flexibility index (Phi) is 5.34. The fourth-order valence-corrected chi connectivity index (χ4v) is 4.79. The van der Waals surface area contributed by atoms with E-state index in [1.54, 1.807) is 6.20 Å². The highest BCUT2D eigenvalue weighted by Crippen LogP contribution is 2.35. The molecule has 0 radical (unpaired) electrons. The number of piperidine rings is 1. The van der Waals surface area contributed by atoms with Crippen LogP contribution in [-0.2, 0) is 22.7 Å². The summed E-state index contributed by atoms with van der Waals surface area (Å²) in [5.74, 6) is -1.61. The first-order valence-electron chi connectivity index (χ1n) is 10.8. The van der Waals surface area contributed by atoms with E-state index < -0.39 is 17.8 Å². The molecule has 0 spiro atoms. The van der Waals surface area contributed by atoms with Crippen molar-refractivity contribution in [2.75, 3.05) is 31.1 Å². The van der Waals surface area contributed by atoms with Gasteiger partial charge in [0.05, 0.1) is 0 Å². The number of carbonyl (C=O) groups is 3. The van der Waals surface area contributed by atoms with Crippen LogP contribution < -0.4 is 10.2 Å². The molecule has 2 fully saturated rings. The van der Waals surface area contributed by atoms with Crippen LogP contribution in [-0.4, -0.2) is 64.7 Å². The first-order valence-corrected chi connectivity index (χ1v) is 10.8. The fourth-order valence-electron chi connectivity index (χ4n) is 4.79. The fraction of sp³-hybridized carbons (Fsp3) is 0.391. The minimum atomic E-state index is -0.708. The van der Waals surface area contributed by atoms with Gasteiger partial charge < -0.3 is 9.80 Å². The molecule has 166 valence electrons. The third kappa shape index (κ3) is 3.84. The number of hydrogen-bond acceptors (Lipinski definition) is 6. The predicted octanol–water partition coefficient (Wildman–Crippen LogP) is 1.30. The van der Waals surface area contributed by atoms with Crippen LogP contribution >= 0.6 is 0 Å². The monoisotopic (exact) mass is 437 g/mol. The van der Waals surface area contributed by atoms with Crippen LogP contribution in [0.4, 0.5) is 10.1 Å². The van der Waals surface area contributed by atoms with Crippen molar-refractivity contribution in [3.63, 3.8) is 0 Å². The molecule has 0 bridgehead atoms. The normalized spacial score (nSPS) is 21.7. The number of pyridine rings is 1. The van der Waals surface area contributed by atoms with Gasteiger partial charge in [-0.05, 0) is 30.2 Å². The lowest BCUT2D eigenvalue weighted by molar-refractivity contribution is -0.136. The quantitative estimate of drug-likeness (QED) is 0.726. The van der Waals surface area contributed by atoms with Gasteiger partial charge in [-0.1, -0.05) is 6.07 Å². The van der Waals surface area contributed by atoms with Crippen LogP contribution in [0, 0.1) is 5.82 Å². The molecule has 3 amide bonds. The number of anilines is 1. The third-order valence-corrected chi connectivity index (χ3v) is 6.44. The Labute approximate surface area is 185 Å². The van der Waals surface area contributed by atoms with Gasteiger partial charge in [-0.3, -0.25) is 29.6 Å². The summed E-state index contributed by atoms with van der Waals surface area (Å²) in [5.41, 5.74) is 2.92. The van der Waals surface area contributed by atoms with Crippen LogP contribution in [0.1, 0.15) is 34.3 Å². The molecule has 2 aromatic rings. The minimum Gasteiger partial charge on any atom is -0.369 e. The van der Waals surface area contributed by atoms with Crippen LogP contribution in [0.5, 0.6) is 0 Å². The minimum absolute atomic E-state index is 0.191. The van der Waals surface area contributed by atoms with Gasteiger partial charge >= 0.3 is 0 Å². The summed E-state index contributed by atoms with van der Waals surface area (Å²) >= 11 is 0. The van der Waals surface area contributed by atoms with Gasteiger partial charge in [0.25, 0.3) is 5.91 Å². The summed E-state index contributed by atoms with van der Waals surface area (Å²) in [6.07, 6.45) is 4.10. The molecule has 3 aliphatic rings. The lowest BCUT2D eigenvalue weighted by Crippen LogP contribution is -2.52. The molecule has 1 aromatic carbocycles. The zero-order chi connectivity index (χ0) is 22.2. The number of nitrogens with zero attached hydrogens (tertiary/aromatic N) is 4. The SMILES string of the molecule is O=C1CCC(N2Cc3c(cc(F)cc3N3CCN(Cc4cccnc4)CC3)C2=O)C(=O)N1. The lowest BCUT2D eigenvalue weighted by Gasteiger charge is -2.37. The van der Waals surface area contributed by atoms with Crippen molar-refractivity contribution in [3.8, 4) is 0 Å². The van der Waals surface area contributed by atoms with Crippen molar-refractivity contribution in [1.29, 1.82) is 0 Å². The number of rotatable bonds is 4. The second kappa shape index (κ2) is 8.31. The molecule has 2 saturated heterocycles. The van der Waals surface area contributed by atoms with Crippen molar-refractivity contribution < 1.29 is 18.8 Å². The maximum Gasteiger partial charge on any atom is 0.255 e. The van der Waals surface area contributed by atoms with Gasteiger partial charge in [-0.25, -0.2) is 4.39 Å². The summed E-state index contributed by atoms with van der Waals surface area (Å²) in [5, 5.41) is 2.30. The summed E-state index contributed by atoms with van der Waals surface area (Å²) in [6.45, 7) is 4.10. The number of benzene rings is 1. The van der Waals surface area contributed by atoms with E-state index in [0.29, 0.717) is 24.3 Å². The Morgan fingerprint density at radius 2 is 1.94 bits per heavy atom. The van der Waals surface area contributed by atoms with E-state index in [4.69, 9.17) is 0 Å². The highest BCUT2D eigenvalue weighted by Gasteiger charge is 2.41. The number of amides is 3. The molecule has 4 heterocycles. The lowest BCUT2D eigenvalue weighted by atomic mass is 10.0.